The number of hydrogen-bond donors (Lipinski definition) is 3. The molecule has 3 N–H and O–H groups in total. The van der Waals surface area contributed by atoms with Crippen molar-refractivity contribution < 1.29 is 29.7 Å². The Labute approximate surface area is 92.9 Å². The minimum Gasteiger partial charge on any atom is -0.481 e. The first-order chi connectivity index (χ1) is 7.25. The van der Waals surface area contributed by atoms with E-state index in [-0.39, 0.29) is 12.8 Å². The monoisotopic (exact) mass is 232 g/mol. The summed E-state index contributed by atoms with van der Waals surface area (Å²) in [7, 11) is 0. The van der Waals surface area contributed by atoms with Crippen molar-refractivity contribution in [2.45, 2.75) is 26.7 Å². The Kier molecular flexibility index (Phi) is 5.49. The quantitative estimate of drug-likeness (QED) is 0.601. The maximum absolute atomic E-state index is 10.8. The van der Waals surface area contributed by atoms with Crippen LogP contribution in [-0.4, -0.2) is 33.2 Å². The van der Waals surface area contributed by atoms with Crippen LogP contribution in [0.3, 0.4) is 0 Å². The summed E-state index contributed by atoms with van der Waals surface area (Å²) < 4.78 is 0. The van der Waals surface area contributed by atoms with Crippen molar-refractivity contribution in [3.8, 4) is 0 Å². The van der Waals surface area contributed by atoms with Crippen molar-refractivity contribution in [2.75, 3.05) is 0 Å². The van der Waals surface area contributed by atoms with Gasteiger partial charge in [-0.25, -0.2) is 0 Å². The molecule has 0 spiro atoms. The predicted octanol–water partition coefficient (Wildman–Crippen LogP) is 0.909. The molecule has 0 aromatic carbocycles. The summed E-state index contributed by atoms with van der Waals surface area (Å²) in [6.45, 7) is 2.81. The summed E-state index contributed by atoms with van der Waals surface area (Å²) in [5.74, 6) is -5.81. The van der Waals surface area contributed by atoms with Crippen molar-refractivity contribution in [1.29, 1.82) is 0 Å². The Morgan fingerprint density at radius 3 is 1.31 bits per heavy atom. The Morgan fingerprint density at radius 1 is 0.812 bits per heavy atom. The van der Waals surface area contributed by atoms with E-state index in [4.69, 9.17) is 15.3 Å². The van der Waals surface area contributed by atoms with Crippen LogP contribution < -0.4 is 0 Å². The Bertz CT molecular complexity index is 263. The summed E-state index contributed by atoms with van der Waals surface area (Å²) in [6, 6.07) is 0. The number of aliphatic carboxylic acids is 3. The first-order valence-electron chi connectivity index (χ1n) is 4.94. The van der Waals surface area contributed by atoms with Crippen molar-refractivity contribution in [1.82, 2.24) is 0 Å². The van der Waals surface area contributed by atoms with E-state index in [0.29, 0.717) is 0 Å². The lowest BCUT2D eigenvalue weighted by Gasteiger charge is -2.16. The first kappa shape index (κ1) is 14.4. The van der Waals surface area contributed by atoms with Gasteiger partial charge in [-0.15, -0.1) is 0 Å². The van der Waals surface area contributed by atoms with Crippen molar-refractivity contribution in [2.24, 2.45) is 17.8 Å². The highest BCUT2D eigenvalue weighted by Gasteiger charge is 2.27. The lowest BCUT2D eigenvalue weighted by molar-refractivity contribution is -0.147. The van der Waals surface area contributed by atoms with Crippen LogP contribution in [0.2, 0.25) is 0 Å². The molecule has 92 valence electrons. The van der Waals surface area contributed by atoms with Crippen LogP contribution in [0.5, 0.6) is 0 Å². The fourth-order valence-corrected chi connectivity index (χ4v) is 1.35. The average molecular weight is 232 g/mol. The van der Waals surface area contributed by atoms with Gasteiger partial charge < -0.3 is 15.3 Å². The van der Waals surface area contributed by atoms with Crippen LogP contribution in [-0.2, 0) is 14.4 Å². The molecule has 6 nitrogen and oxygen atoms in total. The number of hydrogen-bond acceptors (Lipinski definition) is 3. The molecule has 0 aliphatic rings. The molecule has 16 heavy (non-hydrogen) atoms. The third kappa shape index (κ3) is 4.77. The molecule has 0 saturated heterocycles. The smallest absolute Gasteiger partial charge is 0.306 e. The minimum absolute atomic E-state index is 0.0533. The maximum atomic E-state index is 10.8. The fraction of sp³-hybridized carbons (Fsp3) is 0.700. The molecule has 0 rings (SSSR count). The van der Waals surface area contributed by atoms with E-state index in [9.17, 15) is 14.4 Å². The molecule has 6 heteroatoms. The van der Waals surface area contributed by atoms with Gasteiger partial charge in [0.15, 0.2) is 0 Å². The highest BCUT2D eigenvalue weighted by atomic mass is 16.4. The fourth-order valence-electron chi connectivity index (χ4n) is 1.35. The van der Waals surface area contributed by atoms with Crippen LogP contribution in [0.15, 0.2) is 0 Å². The number of carbonyl (C=O) groups is 3. The molecule has 0 fully saturated rings. The van der Waals surface area contributed by atoms with E-state index in [1.807, 2.05) is 0 Å². The van der Waals surface area contributed by atoms with Crippen LogP contribution in [0.1, 0.15) is 26.7 Å². The lowest BCUT2D eigenvalue weighted by Crippen LogP contribution is -2.25. The molecule has 0 bridgehead atoms. The molecule has 0 aromatic rings. The topological polar surface area (TPSA) is 112 Å². The number of rotatable bonds is 7. The molecule has 0 radical (unpaired) electrons. The summed E-state index contributed by atoms with van der Waals surface area (Å²) in [5, 5.41) is 26.1. The van der Waals surface area contributed by atoms with Crippen LogP contribution in [0.25, 0.3) is 0 Å². The highest BCUT2D eigenvalue weighted by Crippen LogP contribution is 2.21. The molecule has 0 aromatic heterocycles. The van der Waals surface area contributed by atoms with E-state index < -0.39 is 35.7 Å². The normalized spacial score (nSPS) is 16.1. The van der Waals surface area contributed by atoms with Gasteiger partial charge in [0.2, 0.25) is 0 Å². The van der Waals surface area contributed by atoms with Crippen molar-refractivity contribution in [3.05, 3.63) is 0 Å². The summed E-state index contributed by atoms with van der Waals surface area (Å²) in [4.78, 5) is 32.0. The molecular weight excluding hydrogens is 216 g/mol. The maximum Gasteiger partial charge on any atom is 0.306 e. The molecule has 0 aliphatic carbocycles. The number of carboxylic acid groups (broad SMARTS) is 3. The Balaban J connectivity index is 4.45. The molecule has 2 atom stereocenters. The van der Waals surface area contributed by atoms with Crippen LogP contribution in [0.4, 0.5) is 0 Å². The zero-order valence-electron chi connectivity index (χ0n) is 9.21. The van der Waals surface area contributed by atoms with Gasteiger partial charge in [-0.1, -0.05) is 13.8 Å². The van der Waals surface area contributed by atoms with Crippen LogP contribution >= 0.6 is 0 Å². The summed E-state index contributed by atoms with van der Waals surface area (Å²) >= 11 is 0. The third-order valence-electron chi connectivity index (χ3n) is 2.47. The second kappa shape index (κ2) is 6.09. The second-order valence-corrected chi connectivity index (χ2v) is 3.99. The molecule has 0 heterocycles. The second-order valence-electron chi connectivity index (χ2n) is 3.99. The predicted molar refractivity (Wildman–Crippen MR) is 54.0 cm³/mol. The van der Waals surface area contributed by atoms with E-state index in [1.165, 1.54) is 13.8 Å². The van der Waals surface area contributed by atoms with Crippen molar-refractivity contribution in [3.63, 3.8) is 0 Å². The van der Waals surface area contributed by atoms with Crippen LogP contribution in [0, 0.1) is 17.8 Å². The summed E-state index contributed by atoms with van der Waals surface area (Å²) in [6.07, 6.45) is -0.107. The van der Waals surface area contributed by atoms with Gasteiger partial charge >= 0.3 is 17.9 Å². The van der Waals surface area contributed by atoms with Crippen molar-refractivity contribution >= 4 is 17.9 Å². The van der Waals surface area contributed by atoms with E-state index in [0.717, 1.165) is 0 Å². The largest absolute Gasteiger partial charge is 0.481 e. The highest BCUT2D eigenvalue weighted by molar-refractivity contribution is 5.75. The first-order valence-corrected chi connectivity index (χ1v) is 4.94. The molecule has 0 amide bonds. The standard InChI is InChI=1S/C10H16O6/c1-5(8(11)12)3-7(10(15)16)4-6(2)9(13)14/h5-7H,3-4H2,1-2H3,(H,11,12)(H,13,14)(H,15,16). The summed E-state index contributed by atoms with van der Waals surface area (Å²) in [5.41, 5.74) is 0. The van der Waals surface area contributed by atoms with E-state index >= 15 is 0 Å². The number of carboxylic acids is 3. The SMILES string of the molecule is CC(CC(CC(C)C(=O)O)C(=O)O)C(=O)O. The van der Waals surface area contributed by atoms with E-state index in [1.54, 1.807) is 0 Å². The average Bonchev–Trinajstić information content (AvgIpc) is 2.15. The van der Waals surface area contributed by atoms with Gasteiger partial charge in [-0.05, 0) is 12.8 Å². The minimum atomic E-state index is -1.15. The van der Waals surface area contributed by atoms with Gasteiger partial charge in [0, 0.05) is 0 Å². The van der Waals surface area contributed by atoms with Gasteiger partial charge in [-0.3, -0.25) is 14.4 Å². The molecule has 2 unspecified atom stereocenters. The molecule has 0 saturated carbocycles. The van der Waals surface area contributed by atoms with Gasteiger partial charge in [0.1, 0.15) is 0 Å². The zero-order chi connectivity index (χ0) is 12.9. The van der Waals surface area contributed by atoms with E-state index in [2.05, 4.69) is 0 Å². The Morgan fingerprint density at radius 2 is 1.12 bits per heavy atom. The molecule has 0 aliphatic heterocycles. The van der Waals surface area contributed by atoms with Gasteiger partial charge in [0.05, 0.1) is 17.8 Å². The lowest BCUT2D eigenvalue weighted by atomic mass is 9.88. The van der Waals surface area contributed by atoms with Gasteiger partial charge in [0.25, 0.3) is 0 Å². The van der Waals surface area contributed by atoms with Gasteiger partial charge in [-0.2, -0.15) is 0 Å². The molecular formula is C10H16O6. The zero-order valence-corrected chi connectivity index (χ0v) is 9.21. The Hall–Kier alpha value is -1.59. The third-order valence-corrected chi connectivity index (χ3v) is 2.47.